The highest BCUT2D eigenvalue weighted by atomic mass is 32.2. The molecule has 0 aliphatic heterocycles. The third-order valence-electron chi connectivity index (χ3n) is 5.34. The molecule has 0 spiro atoms. The van der Waals surface area contributed by atoms with E-state index in [1.54, 1.807) is 14.0 Å². The van der Waals surface area contributed by atoms with Crippen molar-refractivity contribution >= 4 is 20.9 Å². The average molecular weight is 388 g/mol. The summed E-state index contributed by atoms with van der Waals surface area (Å²) in [6.07, 6.45) is 3.76. The first-order valence-electron chi connectivity index (χ1n) is 8.76. The minimum Gasteiger partial charge on any atom is -0.497 e. The molecule has 27 heavy (non-hydrogen) atoms. The van der Waals surface area contributed by atoms with Gasteiger partial charge in [-0.15, -0.1) is 0 Å². The summed E-state index contributed by atoms with van der Waals surface area (Å²) in [5.74, 6) is 0.319. The van der Waals surface area contributed by atoms with Crippen LogP contribution in [0.2, 0.25) is 0 Å². The van der Waals surface area contributed by atoms with E-state index in [2.05, 4.69) is 9.71 Å². The number of nitrogens with one attached hydrogen (secondary N) is 2. The highest BCUT2D eigenvalue weighted by Gasteiger charge is 2.46. The van der Waals surface area contributed by atoms with Gasteiger partial charge in [0.25, 0.3) is 0 Å². The van der Waals surface area contributed by atoms with Gasteiger partial charge in [-0.05, 0) is 67.3 Å². The van der Waals surface area contributed by atoms with Crippen molar-refractivity contribution in [3.63, 3.8) is 0 Å². The van der Waals surface area contributed by atoms with Gasteiger partial charge in [0.15, 0.2) is 0 Å². The van der Waals surface area contributed by atoms with Crippen molar-refractivity contribution in [3.8, 4) is 5.75 Å². The van der Waals surface area contributed by atoms with Gasteiger partial charge < -0.3 is 9.72 Å². The number of benzene rings is 2. The fourth-order valence-corrected chi connectivity index (χ4v) is 4.93. The number of H-pyrrole nitrogens is 1. The molecule has 0 bridgehead atoms. The van der Waals surface area contributed by atoms with Crippen molar-refractivity contribution in [1.82, 2.24) is 9.71 Å². The van der Waals surface area contributed by atoms with Gasteiger partial charge in [-0.3, -0.25) is 0 Å². The first-order chi connectivity index (χ1) is 12.8. The summed E-state index contributed by atoms with van der Waals surface area (Å²) in [6, 6.07) is 9.53. The number of rotatable bonds is 6. The molecular weight excluding hydrogens is 367 g/mol. The zero-order chi connectivity index (χ0) is 19.2. The standard InChI is InChI=1S/C20H21FN2O3S/c1-13-9-14(21)3-6-19(13)27(24,25)23-12-20(7-8-20)17-11-22-18-5-4-15(26-2)10-16(17)18/h3-6,9-11,22-23H,7-8,12H2,1-2H3. The lowest BCUT2D eigenvalue weighted by molar-refractivity contribution is 0.415. The summed E-state index contributed by atoms with van der Waals surface area (Å²) in [5, 5.41) is 1.05. The lowest BCUT2D eigenvalue weighted by atomic mass is 9.95. The number of hydrogen-bond donors (Lipinski definition) is 2. The van der Waals surface area contributed by atoms with Gasteiger partial charge in [0.1, 0.15) is 11.6 Å². The number of ether oxygens (including phenoxy) is 1. The number of halogens is 1. The molecule has 0 radical (unpaired) electrons. The van der Waals surface area contributed by atoms with Crippen molar-refractivity contribution in [2.75, 3.05) is 13.7 Å². The number of sulfonamides is 1. The van der Waals surface area contributed by atoms with Gasteiger partial charge >= 0.3 is 0 Å². The molecule has 4 rings (SSSR count). The zero-order valence-corrected chi connectivity index (χ0v) is 16.0. The summed E-state index contributed by atoms with van der Waals surface area (Å²) >= 11 is 0. The van der Waals surface area contributed by atoms with Crippen LogP contribution in [0, 0.1) is 12.7 Å². The Labute approximate surface area is 157 Å². The van der Waals surface area contributed by atoms with E-state index in [4.69, 9.17) is 4.74 Å². The van der Waals surface area contributed by atoms with Crippen LogP contribution < -0.4 is 9.46 Å². The van der Waals surface area contributed by atoms with E-state index in [-0.39, 0.29) is 10.3 Å². The van der Waals surface area contributed by atoms with Gasteiger partial charge in [-0.1, -0.05) is 0 Å². The topological polar surface area (TPSA) is 71.2 Å². The molecule has 0 amide bonds. The molecule has 5 nitrogen and oxygen atoms in total. The van der Waals surface area contributed by atoms with Crippen molar-refractivity contribution in [3.05, 3.63) is 59.5 Å². The van der Waals surface area contributed by atoms with Crippen LogP contribution in [0.15, 0.2) is 47.5 Å². The first kappa shape index (κ1) is 18.0. The summed E-state index contributed by atoms with van der Waals surface area (Å²) in [5.41, 5.74) is 2.25. The molecule has 0 unspecified atom stereocenters. The SMILES string of the molecule is COc1ccc2[nH]cc(C3(CNS(=O)(=O)c4ccc(F)cc4C)CC3)c2c1. The van der Waals surface area contributed by atoms with Crippen molar-refractivity contribution in [2.45, 2.75) is 30.1 Å². The Balaban J connectivity index is 1.61. The van der Waals surface area contributed by atoms with E-state index in [0.717, 1.165) is 35.1 Å². The molecule has 1 aromatic heterocycles. The van der Waals surface area contributed by atoms with E-state index < -0.39 is 15.8 Å². The van der Waals surface area contributed by atoms with E-state index in [9.17, 15) is 12.8 Å². The van der Waals surface area contributed by atoms with E-state index in [1.165, 1.54) is 18.2 Å². The van der Waals surface area contributed by atoms with Crippen LogP contribution in [0.25, 0.3) is 10.9 Å². The third-order valence-corrected chi connectivity index (χ3v) is 6.90. The van der Waals surface area contributed by atoms with Gasteiger partial charge in [0.05, 0.1) is 12.0 Å². The van der Waals surface area contributed by atoms with Gasteiger partial charge in [0, 0.05) is 29.1 Å². The molecule has 7 heteroatoms. The second kappa shape index (κ2) is 6.35. The van der Waals surface area contributed by atoms with E-state index in [1.807, 2.05) is 24.4 Å². The van der Waals surface area contributed by atoms with Crippen molar-refractivity contribution < 1.29 is 17.5 Å². The number of fused-ring (bicyclic) bond motifs is 1. The maximum atomic E-state index is 13.3. The summed E-state index contributed by atoms with van der Waals surface area (Å²) in [6.45, 7) is 1.90. The minimum absolute atomic E-state index is 0.111. The van der Waals surface area contributed by atoms with Crippen LogP contribution >= 0.6 is 0 Å². The molecule has 1 aliphatic rings. The molecule has 142 valence electrons. The minimum atomic E-state index is -3.71. The van der Waals surface area contributed by atoms with Gasteiger partial charge in [-0.25, -0.2) is 17.5 Å². The Morgan fingerprint density at radius 2 is 2.00 bits per heavy atom. The Morgan fingerprint density at radius 1 is 1.22 bits per heavy atom. The van der Waals surface area contributed by atoms with E-state index in [0.29, 0.717) is 12.1 Å². The van der Waals surface area contributed by atoms with Crippen LogP contribution in [0.5, 0.6) is 5.75 Å². The van der Waals surface area contributed by atoms with Gasteiger partial charge in [0.2, 0.25) is 10.0 Å². The van der Waals surface area contributed by atoms with Gasteiger partial charge in [-0.2, -0.15) is 0 Å². The maximum absolute atomic E-state index is 13.3. The summed E-state index contributed by atoms with van der Waals surface area (Å²) in [7, 11) is -2.09. The normalized spacial score (nSPS) is 15.8. The van der Waals surface area contributed by atoms with Crippen molar-refractivity contribution in [1.29, 1.82) is 0 Å². The Hall–Kier alpha value is -2.38. The highest BCUT2D eigenvalue weighted by Crippen LogP contribution is 2.50. The quantitative estimate of drug-likeness (QED) is 0.677. The second-order valence-corrected chi connectivity index (χ2v) is 8.86. The molecule has 2 N–H and O–H groups in total. The zero-order valence-electron chi connectivity index (χ0n) is 15.2. The number of aromatic amines is 1. The van der Waals surface area contributed by atoms with E-state index >= 15 is 0 Å². The predicted octanol–water partition coefficient (Wildman–Crippen LogP) is 3.63. The third kappa shape index (κ3) is 3.21. The molecule has 0 saturated heterocycles. The largest absolute Gasteiger partial charge is 0.497 e. The predicted molar refractivity (Wildman–Crippen MR) is 102 cm³/mol. The van der Waals surface area contributed by atoms with Crippen LogP contribution in [-0.2, 0) is 15.4 Å². The average Bonchev–Trinajstić information content (AvgIpc) is 3.30. The summed E-state index contributed by atoms with van der Waals surface area (Å²) < 4.78 is 46.8. The number of aromatic nitrogens is 1. The fourth-order valence-electron chi connectivity index (χ4n) is 3.58. The molecule has 1 saturated carbocycles. The maximum Gasteiger partial charge on any atom is 0.240 e. The monoisotopic (exact) mass is 388 g/mol. The smallest absolute Gasteiger partial charge is 0.240 e. The second-order valence-electron chi connectivity index (χ2n) is 7.13. The summed E-state index contributed by atoms with van der Waals surface area (Å²) in [4.78, 5) is 3.37. The molecule has 1 fully saturated rings. The number of methoxy groups -OCH3 is 1. The molecule has 0 atom stereocenters. The van der Waals surface area contributed by atoms with Crippen LogP contribution in [0.1, 0.15) is 24.0 Å². The number of hydrogen-bond acceptors (Lipinski definition) is 3. The Morgan fingerprint density at radius 3 is 2.67 bits per heavy atom. The lowest BCUT2D eigenvalue weighted by Crippen LogP contribution is -2.32. The Bertz CT molecular complexity index is 1120. The molecule has 1 aliphatic carbocycles. The van der Waals surface area contributed by atoms with Crippen molar-refractivity contribution in [2.24, 2.45) is 0 Å². The van der Waals surface area contributed by atoms with Crippen LogP contribution in [0.3, 0.4) is 0 Å². The molecule has 1 heterocycles. The first-order valence-corrected chi connectivity index (χ1v) is 10.2. The lowest BCUT2D eigenvalue weighted by Gasteiger charge is -2.17. The van der Waals surface area contributed by atoms with Crippen LogP contribution in [-0.4, -0.2) is 27.1 Å². The highest BCUT2D eigenvalue weighted by molar-refractivity contribution is 7.89. The molecule has 2 aromatic carbocycles. The fraction of sp³-hybridized carbons (Fsp3) is 0.300. The Kier molecular flexibility index (Phi) is 4.24. The van der Waals surface area contributed by atoms with Crippen LogP contribution in [0.4, 0.5) is 4.39 Å². The molecule has 3 aromatic rings. The number of aryl methyl sites for hydroxylation is 1. The molecular formula is C20H21FN2O3S.